The van der Waals surface area contributed by atoms with Crippen LogP contribution in [0.3, 0.4) is 0 Å². The first-order valence-corrected chi connectivity index (χ1v) is 6.41. The zero-order chi connectivity index (χ0) is 14.8. The van der Waals surface area contributed by atoms with E-state index in [2.05, 4.69) is 4.98 Å². The van der Waals surface area contributed by atoms with Gasteiger partial charge in [0.1, 0.15) is 5.69 Å². The Balaban J connectivity index is 2.19. The minimum atomic E-state index is -1.15. The molecule has 1 N–H and O–H groups in total. The number of ether oxygens (including phenoxy) is 1. The topological polar surface area (TPSA) is 72.6 Å². The molecule has 3 aromatic rings. The molecule has 5 heteroatoms. The Hall–Kier alpha value is -2.66. The smallest absolute Gasteiger partial charge is 0.373 e. The summed E-state index contributed by atoms with van der Waals surface area (Å²) in [6, 6.07) is 13.5. The van der Waals surface area contributed by atoms with Crippen molar-refractivity contribution in [2.45, 2.75) is 6.61 Å². The number of carboxylic acids is 1. The predicted octanol–water partition coefficient (Wildman–Crippen LogP) is 3.34. The Labute approximate surface area is 120 Å². The van der Waals surface area contributed by atoms with Crippen molar-refractivity contribution in [3.8, 4) is 11.5 Å². The fraction of sp³-hybridized carbons (Fsp3) is 0.125. The van der Waals surface area contributed by atoms with Gasteiger partial charge in [-0.1, -0.05) is 36.4 Å². The van der Waals surface area contributed by atoms with Crippen molar-refractivity contribution in [2.75, 3.05) is 7.11 Å². The first-order chi connectivity index (χ1) is 10.2. The summed E-state index contributed by atoms with van der Waals surface area (Å²) in [7, 11) is 1.48. The van der Waals surface area contributed by atoms with E-state index in [0.29, 0.717) is 0 Å². The number of nitrogens with zero attached hydrogens (tertiary/aromatic N) is 1. The molecule has 1 aromatic heterocycles. The Bertz CT molecular complexity index is 802. The maximum absolute atomic E-state index is 11.2. The number of hydrogen-bond acceptors (Lipinski definition) is 4. The van der Waals surface area contributed by atoms with Crippen LogP contribution in [-0.2, 0) is 11.3 Å². The number of carboxylic acid groups (broad SMARTS) is 1. The highest BCUT2D eigenvalue weighted by Gasteiger charge is 2.21. The minimum Gasteiger partial charge on any atom is -0.475 e. The molecule has 0 saturated carbocycles. The Morgan fingerprint density at radius 3 is 2.76 bits per heavy atom. The highest BCUT2D eigenvalue weighted by atomic mass is 16.5. The maximum Gasteiger partial charge on any atom is 0.373 e. The van der Waals surface area contributed by atoms with Crippen molar-refractivity contribution in [3.63, 3.8) is 0 Å². The van der Waals surface area contributed by atoms with Crippen LogP contribution < -0.4 is 0 Å². The largest absolute Gasteiger partial charge is 0.475 e. The number of oxazole rings is 1. The van der Waals surface area contributed by atoms with Crippen LogP contribution in [0, 0.1) is 0 Å². The number of hydrogen-bond donors (Lipinski definition) is 1. The molecule has 0 spiro atoms. The molecule has 2 aromatic carbocycles. The van der Waals surface area contributed by atoms with Gasteiger partial charge >= 0.3 is 5.97 Å². The van der Waals surface area contributed by atoms with E-state index in [4.69, 9.17) is 9.15 Å². The van der Waals surface area contributed by atoms with E-state index in [1.54, 1.807) is 0 Å². The molecular formula is C16H13NO4. The summed E-state index contributed by atoms with van der Waals surface area (Å²) in [5, 5.41) is 11.2. The maximum atomic E-state index is 11.2. The van der Waals surface area contributed by atoms with E-state index in [0.717, 1.165) is 16.3 Å². The van der Waals surface area contributed by atoms with Gasteiger partial charge in [-0.05, 0) is 16.8 Å². The summed E-state index contributed by atoms with van der Waals surface area (Å²) in [5.74, 6) is -1.04. The van der Waals surface area contributed by atoms with Crippen molar-refractivity contribution in [1.29, 1.82) is 0 Å². The van der Waals surface area contributed by atoms with Crippen molar-refractivity contribution >= 4 is 16.7 Å². The number of aromatic carboxylic acids is 1. The van der Waals surface area contributed by atoms with Crippen LogP contribution in [0.2, 0.25) is 0 Å². The SMILES string of the molecule is COCc1nc(-c2cccc3ccccc23)oc1C(=O)O. The summed E-state index contributed by atoms with van der Waals surface area (Å²) >= 11 is 0. The first kappa shape index (κ1) is 13.3. The third-order valence-electron chi connectivity index (χ3n) is 3.19. The van der Waals surface area contributed by atoms with E-state index in [1.165, 1.54) is 7.11 Å². The number of benzene rings is 2. The normalized spacial score (nSPS) is 10.9. The molecule has 5 nitrogen and oxygen atoms in total. The first-order valence-electron chi connectivity index (χ1n) is 6.41. The molecule has 0 bridgehead atoms. The standard InChI is InChI=1S/C16H13NO4/c1-20-9-13-14(16(18)19)21-15(17-13)12-8-4-6-10-5-2-3-7-11(10)12/h2-8H,9H2,1H3,(H,18,19). The Kier molecular flexibility index (Phi) is 3.41. The second-order valence-corrected chi connectivity index (χ2v) is 4.56. The fourth-order valence-electron chi connectivity index (χ4n) is 2.28. The lowest BCUT2D eigenvalue weighted by atomic mass is 10.0. The quantitative estimate of drug-likeness (QED) is 0.795. The van der Waals surface area contributed by atoms with Crippen LogP contribution in [0.5, 0.6) is 0 Å². The zero-order valence-corrected chi connectivity index (χ0v) is 11.4. The van der Waals surface area contributed by atoms with Crippen molar-refractivity contribution in [3.05, 3.63) is 53.9 Å². The molecule has 0 fully saturated rings. The van der Waals surface area contributed by atoms with Gasteiger partial charge in [0.2, 0.25) is 11.7 Å². The third kappa shape index (κ3) is 2.39. The fourth-order valence-corrected chi connectivity index (χ4v) is 2.28. The summed E-state index contributed by atoms with van der Waals surface area (Å²) in [6.45, 7) is 0.0932. The van der Waals surface area contributed by atoms with Crippen molar-refractivity contribution in [1.82, 2.24) is 4.98 Å². The van der Waals surface area contributed by atoms with E-state index in [-0.39, 0.29) is 24.0 Å². The van der Waals surface area contributed by atoms with Gasteiger partial charge in [-0.3, -0.25) is 0 Å². The molecule has 0 aliphatic heterocycles. The predicted molar refractivity (Wildman–Crippen MR) is 77.1 cm³/mol. The van der Waals surface area contributed by atoms with Crippen LogP contribution in [0.25, 0.3) is 22.2 Å². The summed E-state index contributed by atoms with van der Waals surface area (Å²) < 4.78 is 10.4. The van der Waals surface area contributed by atoms with Crippen LogP contribution in [0.15, 0.2) is 46.9 Å². The van der Waals surface area contributed by atoms with Gasteiger partial charge in [-0.2, -0.15) is 0 Å². The van der Waals surface area contributed by atoms with Crippen LogP contribution in [0.4, 0.5) is 0 Å². The van der Waals surface area contributed by atoms with Gasteiger partial charge in [-0.25, -0.2) is 9.78 Å². The average molecular weight is 283 g/mol. The lowest BCUT2D eigenvalue weighted by Crippen LogP contribution is -2.00. The summed E-state index contributed by atoms with van der Waals surface area (Å²) in [6.07, 6.45) is 0. The highest BCUT2D eigenvalue weighted by molar-refractivity contribution is 5.95. The second kappa shape index (κ2) is 5.38. The van der Waals surface area contributed by atoms with E-state index in [1.807, 2.05) is 42.5 Å². The van der Waals surface area contributed by atoms with E-state index < -0.39 is 5.97 Å². The highest BCUT2D eigenvalue weighted by Crippen LogP contribution is 2.29. The molecule has 0 atom stereocenters. The van der Waals surface area contributed by atoms with Crippen LogP contribution in [0.1, 0.15) is 16.2 Å². The minimum absolute atomic E-state index is 0.0932. The number of methoxy groups -OCH3 is 1. The third-order valence-corrected chi connectivity index (χ3v) is 3.19. The lowest BCUT2D eigenvalue weighted by molar-refractivity contribution is 0.0656. The monoisotopic (exact) mass is 283 g/mol. The average Bonchev–Trinajstić information content (AvgIpc) is 2.91. The molecule has 106 valence electrons. The second-order valence-electron chi connectivity index (χ2n) is 4.56. The van der Waals surface area contributed by atoms with Crippen LogP contribution in [-0.4, -0.2) is 23.2 Å². The number of aromatic nitrogens is 1. The molecule has 1 heterocycles. The number of fused-ring (bicyclic) bond motifs is 1. The van der Waals surface area contributed by atoms with E-state index >= 15 is 0 Å². The molecule has 0 amide bonds. The molecule has 0 unspecified atom stereocenters. The Morgan fingerprint density at radius 1 is 1.24 bits per heavy atom. The molecule has 0 saturated heterocycles. The Morgan fingerprint density at radius 2 is 2.00 bits per heavy atom. The van der Waals surface area contributed by atoms with Gasteiger partial charge in [0.25, 0.3) is 0 Å². The van der Waals surface area contributed by atoms with E-state index in [9.17, 15) is 9.90 Å². The van der Waals surface area contributed by atoms with Gasteiger partial charge in [0.15, 0.2) is 0 Å². The molecule has 0 aliphatic carbocycles. The van der Waals surface area contributed by atoms with Crippen LogP contribution >= 0.6 is 0 Å². The number of rotatable bonds is 4. The number of carbonyl (C=O) groups is 1. The van der Waals surface area contributed by atoms with Gasteiger partial charge < -0.3 is 14.3 Å². The molecular weight excluding hydrogens is 270 g/mol. The summed E-state index contributed by atoms with van der Waals surface area (Å²) in [4.78, 5) is 15.5. The molecule has 21 heavy (non-hydrogen) atoms. The lowest BCUT2D eigenvalue weighted by Gasteiger charge is -2.02. The molecule has 3 rings (SSSR count). The zero-order valence-electron chi connectivity index (χ0n) is 11.4. The van der Waals surface area contributed by atoms with Gasteiger partial charge in [-0.15, -0.1) is 0 Å². The summed E-state index contributed by atoms with van der Waals surface area (Å²) in [5.41, 5.74) is 1.05. The van der Waals surface area contributed by atoms with Gasteiger partial charge in [0, 0.05) is 12.7 Å². The van der Waals surface area contributed by atoms with Gasteiger partial charge in [0.05, 0.1) is 6.61 Å². The molecule has 0 aliphatic rings. The van der Waals surface area contributed by atoms with Crippen molar-refractivity contribution < 1.29 is 19.1 Å². The molecule has 0 radical (unpaired) electrons. The van der Waals surface area contributed by atoms with Crippen molar-refractivity contribution in [2.24, 2.45) is 0 Å².